The highest BCUT2D eigenvalue weighted by Gasteiger charge is 2.20. The Kier molecular flexibility index (Phi) is 8.77. The second-order valence-electron chi connectivity index (χ2n) is 7.87. The van der Waals surface area contributed by atoms with Gasteiger partial charge in [0.25, 0.3) is 0 Å². The van der Waals surface area contributed by atoms with E-state index in [-0.39, 0.29) is 10.8 Å². The van der Waals surface area contributed by atoms with Gasteiger partial charge in [-0.15, -0.1) is 0 Å². The number of carboxylic acids is 1. The molecular weight excluding hydrogens is 328 g/mol. The van der Waals surface area contributed by atoms with Gasteiger partial charge in [0.05, 0.1) is 5.56 Å². The van der Waals surface area contributed by atoms with Crippen molar-refractivity contribution in [2.75, 3.05) is 0 Å². The zero-order chi connectivity index (χ0) is 20.5. The number of aromatic hydroxyl groups is 1. The number of rotatable bonds is 1. The van der Waals surface area contributed by atoms with E-state index >= 15 is 0 Å². The van der Waals surface area contributed by atoms with Crippen LogP contribution in [0.3, 0.4) is 0 Å². The number of carbonyl (C=O) groups is 2. The summed E-state index contributed by atoms with van der Waals surface area (Å²) in [4.78, 5) is 18.9. The van der Waals surface area contributed by atoms with Gasteiger partial charge < -0.3 is 15.0 Å². The number of aromatic carboxylic acids is 1. The van der Waals surface area contributed by atoms with Gasteiger partial charge in [-0.3, -0.25) is 0 Å². The van der Waals surface area contributed by atoms with Crippen molar-refractivity contribution in [2.45, 2.75) is 52.4 Å². The average Bonchev–Trinajstić information content (AvgIpc) is 2.56. The van der Waals surface area contributed by atoms with Crippen LogP contribution in [0.5, 0.6) is 5.75 Å². The zero-order valence-electron chi connectivity index (χ0n) is 16.5. The van der Waals surface area contributed by atoms with Crippen LogP contribution in [0.1, 0.15) is 63.0 Å². The van der Waals surface area contributed by atoms with Crippen molar-refractivity contribution >= 4 is 12.8 Å². The number of para-hydroxylation sites is 1. The summed E-state index contributed by atoms with van der Waals surface area (Å²) in [5, 5.41) is 18.4. The number of benzene rings is 2. The first-order chi connectivity index (χ1) is 11.9. The molecule has 0 spiro atoms. The van der Waals surface area contributed by atoms with Gasteiger partial charge in [0.15, 0.2) is 0 Å². The Morgan fingerprint density at radius 3 is 1.46 bits per heavy atom. The van der Waals surface area contributed by atoms with Gasteiger partial charge in [0.2, 0.25) is 0 Å². The molecule has 0 radical (unpaired) electrons. The summed E-state index contributed by atoms with van der Waals surface area (Å²) in [5.41, 5.74) is 2.19. The number of carboxylic acid groups (broad SMARTS) is 1. The fraction of sp³-hybridized carbons (Fsp3) is 0.364. The number of hydrogen-bond donors (Lipinski definition) is 2. The molecule has 0 heterocycles. The molecule has 2 aromatic carbocycles. The monoisotopic (exact) mass is 358 g/mol. The second-order valence-corrected chi connectivity index (χ2v) is 7.87. The predicted molar refractivity (Wildman–Crippen MR) is 106 cm³/mol. The standard InChI is InChI=1S/C11H14O2.C10H14O.CH2O/c1-11(2,3)9-7-5-4-6-8(9)10(12)13;1-10(2,3)8-6-4-5-7-9(8)11;1-2/h4-7H,1-3H3,(H,12,13);4-7,11H,1-3H3;1H2. The Morgan fingerprint density at radius 1 is 0.769 bits per heavy atom. The summed E-state index contributed by atoms with van der Waals surface area (Å²) < 4.78 is 0. The Balaban J connectivity index is 0.000000444. The normalized spacial score (nSPS) is 10.7. The summed E-state index contributed by atoms with van der Waals surface area (Å²) >= 11 is 0. The molecule has 2 aromatic rings. The van der Waals surface area contributed by atoms with Crippen LogP contribution in [0.25, 0.3) is 0 Å². The van der Waals surface area contributed by atoms with Crippen molar-refractivity contribution in [3.8, 4) is 5.75 Å². The first-order valence-electron chi connectivity index (χ1n) is 8.34. The first-order valence-corrected chi connectivity index (χ1v) is 8.34. The molecule has 0 bridgehead atoms. The van der Waals surface area contributed by atoms with Crippen molar-refractivity contribution in [1.82, 2.24) is 0 Å². The highest BCUT2D eigenvalue weighted by molar-refractivity contribution is 5.89. The van der Waals surface area contributed by atoms with Crippen LogP contribution in [0.2, 0.25) is 0 Å². The van der Waals surface area contributed by atoms with Crippen LogP contribution in [0.15, 0.2) is 48.5 Å². The van der Waals surface area contributed by atoms with E-state index in [1.165, 1.54) is 0 Å². The van der Waals surface area contributed by atoms with Crippen LogP contribution in [-0.2, 0) is 15.6 Å². The minimum Gasteiger partial charge on any atom is -0.508 e. The number of hydrogen-bond acceptors (Lipinski definition) is 3. The van der Waals surface area contributed by atoms with Crippen LogP contribution in [-0.4, -0.2) is 23.0 Å². The summed E-state index contributed by atoms with van der Waals surface area (Å²) in [6.45, 7) is 14.3. The lowest BCUT2D eigenvalue weighted by molar-refractivity contribution is -0.0980. The summed E-state index contributed by atoms with van der Waals surface area (Å²) in [5.74, 6) is -0.467. The Hall–Kier alpha value is -2.62. The summed E-state index contributed by atoms with van der Waals surface area (Å²) in [6, 6.07) is 14.6. The lowest BCUT2D eigenvalue weighted by Crippen LogP contribution is -2.16. The van der Waals surface area contributed by atoms with Crippen molar-refractivity contribution < 1.29 is 19.8 Å². The molecule has 142 valence electrons. The Bertz CT molecular complexity index is 707. The van der Waals surface area contributed by atoms with Crippen LogP contribution < -0.4 is 0 Å². The van der Waals surface area contributed by atoms with Gasteiger partial charge in [0.1, 0.15) is 12.5 Å². The van der Waals surface area contributed by atoms with E-state index in [1.807, 2.05) is 57.9 Å². The van der Waals surface area contributed by atoms with E-state index in [2.05, 4.69) is 20.8 Å². The van der Waals surface area contributed by atoms with E-state index in [0.717, 1.165) is 11.1 Å². The largest absolute Gasteiger partial charge is 0.508 e. The molecule has 0 aromatic heterocycles. The van der Waals surface area contributed by atoms with Crippen LogP contribution >= 0.6 is 0 Å². The molecule has 0 saturated carbocycles. The second kappa shape index (κ2) is 9.76. The van der Waals surface area contributed by atoms with Crippen molar-refractivity contribution in [3.05, 3.63) is 65.2 Å². The molecule has 4 nitrogen and oxygen atoms in total. The molecule has 0 aliphatic carbocycles. The molecule has 2 N–H and O–H groups in total. The van der Waals surface area contributed by atoms with Crippen molar-refractivity contribution in [2.24, 2.45) is 0 Å². The number of phenolic OH excluding ortho intramolecular Hbond substituents is 1. The van der Waals surface area contributed by atoms with Gasteiger partial charge in [-0.2, -0.15) is 0 Å². The molecule has 26 heavy (non-hydrogen) atoms. The minimum atomic E-state index is -0.856. The van der Waals surface area contributed by atoms with Gasteiger partial charge in [0, 0.05) is 0 Å². The maximum Gasteiger partial charge on any atom is 0.335 e. The molecule has 0 unspecified atom stereocenters. The Morgan fingerprint density at radius 2 is 1.15 bits per heavy atom. The van der Waals surface area contributed by atoms with Crippen LogP contribution in [0, 0.1) is 0 Å². The molecular formula is C22H30O4. The third-order valence-electron chi connectivity index (χ3n) is 3.68. The third kappa shape index (κ3) is 7.09. The van der Waals surface area contributed by atoms with Crippen molar-refractivity contribution in [3.63, 3.8) is 0 Å². The molecule has 0 saturated heterocycles. The highest BCUT2D eigenvalue weighted by atomic mass is 16.4. The fourth-order valence-corrected chi connectivity index (χ4v) is 2.43. The Labute approximate surface area is 156 Å². The van der Waals surface area contributed by atoms with E-state index in [4.69, 9.17) is 9.90 Å². The smallest absolute Gasteiger partial charge is 0.335 e. The fourth-order valence-electron chi connectivity index (χ4n) is 2.43. The van der Waals surface area contributed by atoms with Crippen LogP contribution in [0.4, 0.5) is 0 Å². The summed E-state index contributed by atoms with van der Waals surface area (Å²) in [6.07, 6.45) is 0. The molecule has 0 aliphatic heterocycles. The van der Waals surface area contributed by atoms with Gasteiger partial charge >= 0.3 is 5.97 Å². The van der Waals surface area contributed by atoms with Gasteiger partial charge in [-0.1, -0.05) is 77.9 Å². The maximum atomic E-state index is 10.9. The molecule has 0 fully saturated rings. The molecule has 0 aliphatic rings. The van der Waals surface area contributed by atoms with E-state index in [9.17, 15) is 9.90 Å². The van der Waals surface area contributed by atoms with E-state index in [1.54, 1.807) is 18.2 Å². The molecule has 4 heteroatoms. The van der Waals surface area contributed by atoms with E-state index in [0.29, 0.717) is 11.3 Å². The third-order valence-corrected chi connectivity index (χ3v) is 3.68. The molecule has 2 rings (SSSR count). The molecule has 0 amide bonds. The molecule has 0 atom stereocenters. The average molecular weight is 358 g/mol. The predicted octanol–water partition coefficient (Wildman–Crippen LogP) is 5.19. The number of carbonyl (C=O) groups excluding carboxylic acids is 1. The minimum absolute atomic E-state index is 0.0331. The lowest BCUT2D eigenvalue weighted by Gasteiger charge is -2.20. The first kappa shape index (κ1) is 23.4. The quantitative estimate of drug-likeness (QED) is 0.736. The van der Waals surface area contributed by atoms with Crippen molar-refractivity contribution in [1.29, 1.82) is 0 Å². The number of phenols is 1. The SMILES string of the molecule is C=O.CC(C)(C)c1ccccc1C(=O)O.CC(C)(C)c1ccccc1O. The van der Waals surface area contributed by atoms with Gasteiger partial charge in [-0.05, 0) is 34.1 Å². The topological polar surface area (TPSA) is 74.6 Å². The highest BCUT2D eigenvalue weighted by Crippen LogP contribution is 2.29. The van der Waals surface area contributed by atoms with Gasteiger partial charge in [-0.25, -0.2) is 4.79 Å². The maximum absolute atomic E-state index is 10.9. The summed E-state index contributed by atoms with van der Waals surface area (Å²) in [7, 11) is 0. The zero-order valence-corrected chi connectivity index (χ0v) is 16.5. The lowest BCUT2D eigenvalue weighted by atomic mass is 9.84. The van der Waals surface area contributed by atoms with E-state index < -0.39 is 5.97 Å².